The Hall–Kier alpha value is -15.2. The van der Waals surface area contributed by atoms with E-state index in [-0.39, 0.29) is 165 Å². The highest BCUT2D eigenvalue weighted by Gasteiger charge is 2.39. The molecule has 50 nitrogen and oxygen atoms in total. The number of carboxylic acid groups (broad SMARTS) is 1. The number of H-pyrrole nitrogens is 3. The zero-order valence-corrected chi connectivity index (χ0v) is 80.2. The molecule has 0 fully saturated rings. The Bertz CT molecular complexity index is 5360. The molecule has 0 aliphatic carbocycles. The average Bonchev–Trinajstić information content (AvgIpc) is 1.70. The minimum atomic E-state index is -1.85. The van der Waals surface area contributed by atoms with Gasteiger partial charge in [0.1, 0.15) is 84.6 Å². The quantitative estimate of drug-likeness (QED) is 0.00959. The summed E-state index contributed by atoms with van der Waals surface area (Å²) in [7, 11) is 0. The van der Waals surface area contributed by atoms with E-state index in [1.54, 1.807) is 101 Å². The maximum absolute atomic E-state index is 15.3. The van der Waals surface area contributed by atoms with Crippen LogP contribution in [0.4, 0.5) is 0 Å². The number of aliphatic hydroxyl groups is 2. The maximum Gasteiger partial charge on any atom is 0.326 e. The van der Waals surface area contributed by atoms with E-state index in [0.717, 1.165) is 10.9 Å². The lowest BCUT2D eigenvalue weighted by Crippen LogP contribution is -2.61. The summed E-state index contributed by atoms with van der Waals surface area (Å²) < 4.78 is 0. The first-order valence-electron chi connectivity index (χ1n) is 46.5. The molecule has 3 heterocycles. The smallest absolute Gasteiger partial charge is 0.326 e. The zero-order valence-electron chi connectivity index (χ0n) is 80.2. The molecule has 6 rings (SSSR count). The van der Waals surface area contributed by atoms with Crippen LogP contribution in [0.3, 0.4) is 0 Å². The SMILES string of the molecule is CC(=O)N[C@@H](Cc1c[nH]c2ccccc12)C(=O)N[C@@H](Cc1c[nH]c2ccccc12)C(=O)N[C@@H](CO)C(=O)N[C@@H](CCCN=C(N)N)C(=O)N[C@@H](CCCN=C(N)N)C(=O)N[C@@H](Cc1c[nH]c2ccccc12)C(=O)N[C@@H](CCCN=C(N)N)C(=O)N[C@@H](C)C(=O)N[C@@H](CO)C(=O)N[C@@H](CCCCN)C(=O)N[C@@H](CC(C)C)C(=O)NCC(=O)N[C@@H](CC(C)C)C(=O)N[C@@H](C)C(=O)N[C@@H](CCCN=C(N)N)C(=O)O. The van der Waals surface area contributed by atoms with Crippen LogP contribution < -0.4 is 131 Å². The number of nitrogens with zero attached hydrogens (tertiary/aromatic N) is 4. The van der Waals surface area contributed by atoms with Crippen LogP contribution in [0.25, 0.3) is 32.7 Å². The number of rotatable bonds is 62. The molecule has 6 aromatic rings. The predicted molar refractivity (Wildman–Crippen MR) is 526 cm³/mol. The highest BCUT2D eigenvalue weighted by molar-refractivity contribution is 6.02. The first-order chi connectivity index (χ1) is 67.0. The number of carboxylic acids is 1. The van der Waals surface area contributed by atoms with Crippen molar-refractivity contribution in [3.05, 3.63) is 108 Å². The van der Waals surface area contributed by atoms with Crippen LogP contribution in [0, 0.1) is 11.8 Å². The highest BCUT2D eigenvalue weighted by atomic mass is 16.4. The third kappa shape index (κ3) is 39.3. The van der Waals surface area contributed by atoms with Crippen molar-refractivity contribution in [2.45, 2.75) is 236 Å². The van der Waals surface area contributed by atoms with Crippen molar-refractivity contribution < 1.29 is 92.0 Å². The Morgan fingerprint density at radius 2 is 0.589 bits per heavy atom. The van der Waals surface area contributed by atoms with Gasteiger partial charge >= 0.3 is 5.97 Å². The van der Waals surface area contributed by atoms with Gasteiger partial charge in [0.15, 0.2) is 23.8 Å². The Labute approximate surface area is 814 Å². The number of guanidine groups is 4. The fraction of sp³-hybridized carbons (Fsp3) is 0.516. The number of aromatic amines is 3. The number of amides is 15. The number of nitrogens with two attached hydrogens (primary N) is 9. The number of aromatic nitrogens is 3. The Morgan fingerprint density at radius 3 is 0.915 bits per heavy atom. The van der Waals surface area contributed by atoms with Crippen LogP contribution in [0.5, 0.6) is 0 Å². The molecular formula is C91H139N31O19. The summed E-state index contributed by atoms with van der Waals surface area (Å²) in [6.45, 7) is 7.78. The maximum atomic E-state index is 15.3. The number of carbonyl (C=O) groups is 16. The van der Waals surface area contributed by atoms with Crippen LogP contribution in [0.2, 0.25) is 0 Å². The topological polar surface area (TPSA) is 845 Å². The van der Waals surface area contributed by atoms with Crippen molar-refractivity contribution in [1.29, 1.82) is 0 Å². The molecule has 0 unspecified atom stereocenters. The van der Waals surface area contributed by atoms with E-state index in [2.05, 4.69) is 115 Å². The third-order valence-electron chi connectivity index (χ3n) is 22.4. The number of benzene rings is 3. The number of hydrogen-bond acceptors (Lipinski definition) is 23. The van der Waals surface area contributed by atoms with E-state index in [1.807, 2.05) is 18.2 Å². The van der Waals surface area contributed by atoms with Gasteiger partial charge in [0, 0.05) is 104 Å². The van der Waals surface area contributed by atoms with Crippen molar-refractivity contribution in [2.24, 2.45) is 83.4 Å². The standard InChI is InChI=1S/C91H139N31O19/c1-47(2)36-66(76(129)108-44-73(126)112-67(37-48(3)4)81(134)110-49(5)74(127)117-65(87(140)141)30-19-35-104-91(99)100)118-79(132)61(26-14-15-31-92)115-85(138)71(45-123)121-75(128)50(6)109-77(130)62(27-16-32-101-88(93)94)114-83(136)69(39-53-42-106-59-24-12-9-21-56(53)59)119-80(133)64(29-18-34-103-90(97)98)113-78(131)63(28-17-33-102-89(95)96)116-86(139)72(46-124)122-84(137)70(40-54-43-107-60-25-13-10-22-57(54)60)120-82(135)68(111-51(7)125)38-52-41-105-58-23-11-8-20-55(52)58/h8-13,20-25,41-43,47-50,61-72,105-107,123-124H,14-19,26-40,44-46,92H2,1-7H3,(H,108,129)(H,109,130)(H,110,134)(H,111,125)(H,112,126)(H,113,131)(H,114,136)(H,115,138)(H,116,139)(H,117,127)(H,118,132)(H,119,133)(H,120,135)(H,121,128)(H,122,137)(H,140,141)(H4,93,94,101)(H4,95,96,102)(H4,97,98,103)(H4,99,100,104)/t49-,50-,61-,62-,63-,64-,65-,66-,67-,68-,69-,70-,71-,72-/m0/s1. The molecule has 39 N–H and O–H groups in total. The highest BCUT2D eigenvalue weighted by Crippen LogP contribution is 2.24. The number of nitrogens with one attached hydrogen (secondary N) is 18. The number of hydrogen-bond donors (Lipinski definition) is 30. The van der Waals surface area contributed by atoms with Gasteiger partial charge in [-0.2, -0.15) is 0 Å². The minimum Gasteiger partial charge on any atom is -0.480 e. The van der Waals surface area contributed by atoms with Gasteiger partial charge in [0.2, 0.25) is 88.6 Å². The molecule has 772 valence electrons. The lowest BCUT2D eigenvalue weighted by atomic mass is 10.0. The summed E-state index contributed by atoms with van der Waals surface area (Å²) in [6, 6.07) is 0.129. The van der Waals surface area contributed by atoms with Crippen LogP contribution in [-0.2, 0) is 96.0 Å². The molecule has 0 bridgehead atoms. The molecule has 3 aromatic carbocycles. The number of carbonyl (C=O) groups excluding carboxylic acids is 15. The van der Waals surface area contributed by atoms with Crippen molar-refractivity contribution in [3.8, 4) is 0 Å². The fourth-order valence-corrected chi connectivity index (χ4v) is 15.1. The summed E-state index contributed by atoms with van der Waals surface area (Å²) in [5, 5.41) is 71.9. The van der Waals surface area contributed by atoms with Crippen LogP contribution in [0.1, 0.15) is 149 Å². The molecule has 0 aliphatic rings. The van der Waals surface area contributed by atoms with Gasteiger partial charge in [-0.05, 0) is 151 Å². The van der Waals surface area contributed by atoms with E-state index in [0.29, 0.717) is 44.9 Å². The molecule has 0 saturated carbocycles. The van der Waals surface area contributed by atoms with Crippen LogP contribution in [-0.4, -0.2) is 286 Å². The minimum absolute atomic E-state index is 0.0127. The van der Waals surface area contributed by atoms with Crippen molar-refractivity contribution in [2.75, 3.05) is 52.5 Å². The number of aliphatic imine (C=N–C) groups is 4. The molecule has 50 heteroatoms. The molecule has 0 saturated heterocycles. The van der Waals surface area contributed by atoms with Gasteiger partial charge in [0.25, 0.3) is 0 Å². The van der Waals surface area contributed by atoms with Gasteiger partial charge in [-0.3, -0.25) is 91.9 Å². The summed E-state index contributed by atoms with van der Waals surface area (Å²) in [4.78, 5) is 251. The van der Waals surface area contributed by atoms with Crippen molar-refractivity contribution >= 4 is 151 Å². The molecule has 14 atom stereocenters. The van der Waals surface area contributed by atoms with E-state index < -0.39 is 199 Å². The molecule has 0 radical (unpaired) electrons. The van der Waals surface area contributed by atoms with Crippen molar-refractivity contribution in [1.82, 2.24) is 94.7 Å². The number of unbranched alkanes of at least 4 members (excludes halogenated alkanes) is 1. The number of fused-ring (bicyclic) bond motifs is 3. The summed E-state index contributed by atoms with van der Waals surface area (Å²) in [5.74, 6) is -17.0. The number of aliphatic carboxylic acids is 1. The molecule has 141 heavy (non-hydrogen) atoms. The summed E-state index contributed by atoms with van der Waals surface area (Å²) in [5.41, 5.74) is 54.3. The largest absolute Gasteiger partial charge is 0.480 e. The second-order valence-electron chi connectivity index (χ2n) is 34.9. The normalized spacial score (nSPS) is 14.2. The molecular weight excluding hydrogens is 1830 g/mol. The van der Waals surface area contributed by atoms with Gasteiger partial charge in [-0.25, -0.2) is 4.79 Å². The Kier molecular flexibility index (Phi) is 47.5. The third-order valence-corrected chi connectivity index (χ3v) is 22.4. The summed E-state index contributed by atoms with van der Waals surface area (Å²) in [6.07, 6.45) is 4.18. The second-order valence-corrected chi connectivity index (χ2v) is 34.9. The van der Waals surface area contributed by atoms with Crippen LogP contribution >= 0.6 is 0 Å². The van der Waals surface area contributed by atoms with Crippen LogP contribution in [0.15, 0.2) is 111 Å². The monoisotopic (exact) mass is 1970 g/mol. The Morgan fingerprint density at radius 1 is 0.319 bits per heavy atom. The van der Waals surface area contributed by atoms with Gasteiger partial charge in [-0.1, -0.05) is 82.3 Å². The lowest BCUT2D eigenvalue weighted by Gasteiger charge is -2.28. The Balaban J connectivity index is 1.20. The first kappa shape index (κ1) is 114. The van der Waals surface area contributed by atoms with E-state index in [1.165, 1.54) is 20.8 Å². The summed E-state index contributed by atoms with van der Waals surface area (Å²) >= 11 is 0. The zero-order chi connectivity index (χ0) is 104. The molecule has 0 aliphatic heterocycles. The first-order valence-corrected chi connectivity index (χ1v) is 46.5. The van der Waals surface area contributed by atoms with Gasteiger partial charge in [-0.15, -0.1) is 0 Å². The molecule has 3 aromatic heterocycles. The predicted octanol–water partition coefficient (Wildman–Crippen LogP) is -6.37. The van der Waals surface area contributed by atoms with E-state index in [9.17, 15) is 77.6 Å². The van der Waals surface area contributed by atoms with Gasteiger partial charge in [0.05, 0.1) is 19.8 Å². The lowest BCUT2D eigenvalue weighted by molar-refractivity contribution is -0.142. The van der Waals surface area contributed by atoms with E-state index in [4.69, 9.17) is 51.6 Å². The number of aliphatic hydroxyl groups excluding tert-OH is 2. The fourth-order valence-electron chi connectivity index (χ4n) is 15.1. The van der Waals surface area contributed by atoms with Gasteiger partial charge < -0.3 is 162 Å². The van der Waals surface area contributed by atoms with Crippen molar-refractivity contribution in [3.63, 3.8) is 0 Å². The number of para-hydroxylation sites is 3. The van der Waals surface area contributed by atoms with E-state index >= 15 is 14.4 Å². The second kappa shape index (κ2) is 58.5. The molecule has 0 spiro atoms. The average molecular weight is 1970 g/mol. The molecule has 15 amide bonds.